The quantitative estimate of drug-likeness (QED) is 0.762. The van der Waals surface area contributed by atoms with Crippen LogP contribution in [0.2, 0.25) is 0 Å². The van der Waals surface area contributed by atoms with Crippen LogP contribution in [0.5, 0.6) is 0 Å². The third kappa shape index (κ3) is 4.80. The lowest BCUT2D eigenvalue weighted by molar-refractivity contribution is 0.280. The summed E-state index contributed by atoms with van der Waals surface area (Å²) < 4.78 is 27.1. The number of rotatable bonds is 9. The zero-order chi connectivity index (χ0) is 15.9. The number of hydrogen-bond donors (Lipinski definition) is 1. The van der Waals surface area contributed by atoms with E-state index in [0.29, 0.717) is 18.7 Å². The van der Waals surface area contributed by atoms with Crippen molar-refractivity contribution in [2.75, 3.05) is 13.1 Å². The first-order valence-corrected chi connectivity index (χ1v) is 9.11. The second-order valence-electron chi connectivity index (χ2n) is 5.36. The molecule has 1 rings (SSSR count). The fourth-order valence-electron chi connectivity index (χ4n) is 2.15. The molecule has 1 aromatic rings. The Morgan fingerprint density at radius 1 is 1.10 bits per heavy atom. The SMILES string of the molecule is CCCCN(CCCC)S(=O)(=O)c1ccc(C)c(CO)c1. The number of aliphatic hydroxyl groups is 1. The predicted octanol–water partition coefficient (Wildman–Crippen LogP) is 3.08. The van der Waals surface area contributed by atoms with Crippen LogP contribution in [-0.2, 0) is 16.6 Å². The second kappa shape index (κ2) is 8.51. The molecule has 0 aliphatic heterocycles. The van der Waals surface area contributed by atoms with E-state index in [4.69, 9.17) is 0 Å². The number of aliphatic hydroxyl groups excluding tert-OH is 1. The minimum atomic E-state index is -3.47. The lowest BCUT2D eigenvalue weighted by atomic mass is 10.1. The summed E-state index contributed by atoms with van der Waals surface area (Å²) in [6.45, 7) is 6.95. The molecule has 4 nitrogen and oxygen atoms in total. The normalized spacial score (nSPS) is 12.0. The van der Waals surface area contributed by atoms with Crippen molar-refractivity contribution in [1.29, 1.82) is 0 Å². The van der Waals surface area contributed by atoms with Crippen molar-refractivity contribution in [3.63, 3.8) is 0 Å². The van der Waals surface area contributed by atoms with Crippen LogP contribution in [0.3, 0.4) is 0 Å². The Bertz CT molecular complexity index is 532. The van der Waals surface area contributed by atoms with Crippen LogP contribution >= 0.6 is 0 Å². The Morgan fingerprint density at radius 3 is 2.14 bits per heavy atom. The summed E-state index contributed by atoms with van der Waals surface area (Å²) in [6, 6.07) is 4.99. The van der Waals surface area contributed by atoms with Gasteiger partial charge < -0.3 is 5.11 Å². The van der Waals surface area contributed by atoms with Crippen molar-refractivity contribution in [3.05, 3.63) is 29.3 Å². The molecule has 21 heavy (non-hydrogen) atoms. The van der Waals surface area contributed by atoms with Crippen molar-refractivity contribution < 1.29 is 13.5 Å². The standard InChI is InChI=1S/C16H27NO3S/c1-4-6-10-17(11-7-5-2)21(19,20)16-9-8-14(3)15(12-16)13-18/h8-9,12,18H,4-7,10-11,13H2,1-3H3. The van der Waals surface area contributed by atoms with Gasteiger partial charge in [-0.2, -0.15) is 4.31 Å². The lowest BCUT2D eigenvalue weighted by Crippen LogP contribution is -2.33. The van der Waals surface area contributed by atoms with Gasteiger partial charge in [0, 0.05) is 13.1 Å². The van der Waals surface area contributed by atoms with Gasteiger partial charge in [0.15, 0.2) is 0 Å². The second-order valence-corrected chi connectivity index (χ2v) is 7.30. The van der Waals surface area contributed by atoms with E-state index in [1.54, 1.807) is 22.5 Å². The van der Waals surface area contributed by atoms with E-state index >= 15 is 0 Å². The minimum absolute atomic E-state index is 0.140. The van der Waals surface area contributed by atoms with Gasteiger partial charge in [-0.1, -0.05) is 32.8 Å². The van der Waals surface area contributed by atoms with Crippen molar-refractivity contribution >= 4 is 10.0 Å². The van der Waals surface area contributed by atoms with E-state index in [0.717, 1.165) is 31.2 Å². The summed E-state index contributed by atoms with van der Waals surface area (Å²) in [7, 11) is -3.47. The molecule has 1 N–H and O–H groups in total. The third-order valence-corrected chi connectivity index (χ3v) is 5.55. The van der Waals surface area contributed by atoms with Crippen LogP contribution < -0.4 is 0 Å². The topological polar surface area (TPSA) is 57.6 Å². The molecule has 0 aromatic heterocycles. The van der Waals surface area contributed by atoms with Gasteiger partial charge in [0.2, 0.25) is 10.0 Å². The zero-order valence-corrected chi connectivity index (χ0v) is 14.1. The molecule has 0 aliphatic rings. The number of benzene rings is 1. The molecule has 1 aromatic carbocycles. The first-order valence-electron chi connectivity index (χ1n) is 7.67. The number of sulfonamides is 1. The summed E-state index contributed by atoms with van der Waals surface area (Å²) in [4.78, 5) is 0.282. The van der Waals surface area contributed by atoms with Gasteiger partial charge in [0.1, 0.15) is 0 Å². The summed E-state index contributed by atoms with van der Waals surface area (Å²) in [6.07, 6.45) is 3.66. The Balaban J connectivity index is 3.08. The maximum Gasteiger partial charge on any atom is 0.243 e. The smallest absolute Gasteiger partial charge is 0.243 e. The molecule has 0 saturated heterocycles. The molecule has 0 bridgehead atoms. The van der Waals surface area contributed by atoms with Crippen molar-refractivity contribution in [2.24, 2.45) is 0 Å². The molecule has 0 aliphatic carbocycles. The molecule has 0 saturated carbocycles. The Hall–Kier alpha value is -0.910. The van der Waals surface area contributed by atoms with E-state index in [2.05, 4.69) is 13.8 Å². The fourth-order valence-corrected chi connectivity index (χ4v) is 3.72. The summed E-state index contributed by atoms with van der Waals surface area (Å²) >= 11 is 0. The van der Waals surface area contributed by atoms with Crippen molar-refractivity contribution in [3.8, 4) is 0 Å². The summed E-state index contributed by atoms with van der Waals surface area (Å²) in [5.74, 6) is 0. The van der Waals surface area contributed by atoms with Gasteiger partial charge in [0.05, 0.1) is 11.5 Å². The Kier molecular flexibility index (Phi) is 7.35. The van der Waals surface area contributed by atoms with Gasteiger partial charge in [0.25, 0.3) is 0 Å². The molecule has 5 heteroatoms. The average molecular weight is 313 g/mol. The van der Waals surface area contributed by atoms with E-state index in [1.165, 1.54) is 0 Å². The maximum absolute atomic E-state index is 12.8. The molecule has 0 fully saturated rings. The van der Waals surface area contributed by atoms with Crippen LogP contribution in [0.25, 0.3) is 0 Å². The van der Waals surface area contributed by atoms with E-state index in [9.17, 15) is 13.5 Å². The number of nitrogens with zero attached hydrogens (tertiary/aromatic N) is 1. The lowest BCUT2D eigenvalue weighted by Gasteiger charge is -2.22. The first-order chi connectivity index (χ1) is 9.97. The van der Waals surface area contributed by atoms with Crippen LogP contribution in [0.4, 0.5) is 0 Å². The molecule has 0 atom stereocenters. The van der Waals surface area contributed by atoms with Gasteiger partial charge in [-0.3, -0.25) is 0 Å². The fraction of sp³-hybridized carbons (Fsp3) is 0.625. The minimum Gasteiger partial charge on any atom is -0.392 e. The van der Waals surface area contributed by atoms with Crippen LogP contribution in [0.15, 0.2) is 23.1 Å². The van der Waals surface area contributed by atoms with E-state index < -0.39 is 10.0 Å². The van der Waals surface area contributed by atoms with Gasteiger partial charge in [-0.25, -0.2) is 8.42 Å². The number of hydrogen-bond acceptors (Lipinski definition) is 3. The molecule has 0 spiro atoms. The maximum atomic E-state index is 12.8. The largest absolute Gasteiger partial charge is 0.392 e. The molecular weight excluding hydrogens is 286 g/mol. The van der Waals surface area contributed by atoms with E-state index in [1.807, 2.05) is 6.92 Å². The molecule has 0 heterocycles. The Morgan fingerprint density at radius 2 is 1.67 bits per heavy atom. The molecule has 120 valence electrons. The highest BCUT2D eigenvalue weighted by Crippen LogP contribution is 2.20. The predicted molar refractivity (Wildman–Crippen MR) is 85.7 cm³/mol. The van der Waals surface area contributed by atoms with E-state index in [-0.39, 0.29) is 11.5 Å². The molecule has 0 radical (unpaired) electrons. The monoisotopic (exact) mass is 313 g/mol. The molecule has 0 amide bonds. The van der Waals surface area contributed by atoms with Crippen LogP contribution in [0, 0.1) is 6.92 Å². The van der Waals surface area contributed by atoms with Crippen molar-refractivity contribution in [1.82, 2.24) is 4.31 Å². The van der Waals surface area contributed by atoms with Crippen LogP contribution in [0.1, 0.15) is 50.7 Å². The molecular formula is C16H27NO3S. The average Bonchev–Trinajstić information content (AvgIpc) is 2.47. The first kappa shape index (κ1) is 18.1. The highest BCUT2D eigenvalue weighted by molar-refractivity contribution is 7.89. The third-order valence-electron chi connectivity index (χ3n) is 3.65. The van der Waals surface area contributed by atoms with Gasteiger partial charge >= 0.3 is 0 Å². The summed E-state index contributed by atoms with van der Waals surface area (Å²) in [5.41, 5.74) is 1.58. The zero-order valence-electron chi connectivity index (χ0n) is 13.3. The van der Waals surface area contributed by atoms with Crippen molar-refractivity contribution in [2.45, 2.75) is 58.0 Å². The van der Waals surface area contributed by atoms with Crippen LogP contribution in [-0.4, -0.2) is 30.9 Å². The Labute approximate surface area is 128 Å². The summed E-state index contributed by atoms with van der Waals surface area (Å²) in [5, 5.41) is 9.32. The highest BCUT2D eigenvalue weighted by Gasteiger charge is 2.23. The van der Waals surface area contributed by atoms with Gasteiger partial charge in [-0.05, 0) is 43.0 Å². The number of unbranched alkanes of at least 4 members (excludes halogenated alkanes) is 2. The highest BCUT2D eigenvalue weighted by atomic mass is 32.2. The molecule has 0 unspecified atom stereocenters. The number of aryl methyl sites for hydroxylation is 1. The van der Waals surface area contributed by atoms with Gasteiger partial charge in [-0.15, -0.1) is 0 Å².